The van der Waals surface area contributed by atoms with Crippen LogP contribution in [-0.4, -0.2) is 49.2 Å². The molecule has 0 bridgehead atoms. The average Bonchev–Trinajstić information content (AvgIpc) is 2.62. The van der Waals surface area contributed by atoms with Crippen LogP contribution in [0.2, 0.25) is 0 Å². The molecule has 3 rings (SSSR count). The largest absolute Gasteiger partial charge is 0.375 e. The highest BCUT2D eigenvalue weighted by atomic mass is 16.5. The van der Waals surface area contributed by atoms with Crippen LogP contribution in [0.15, 0.2) is 24.3 Å². The van der Waals surface area contributed by atoms with Crippen molar-refractivity contribution in [1.29, 1.82) is 0 Å². The summed E-state index contributed by atoms with van der Waals surface area (Å²) in [5.41, 5.74) is 2.48. The van der Waals surface area contributed by atoms with E-state index in [0.717, 1.165) is 18.7 Å². The Morgan fingerprint density at radius 2 is 1.92 bits per heavy atom. The van der Waals surface area contributed by atoms with E-state index in [-0.39, 0.29) is 18.1 Å². The number of nitrogens with one attached hydrogen (secondary N) is 2. The summed E-state index contributed by atoms with van der Waals surface area (Å²) >= 11 is 0. The molecule has 0 unspecified atom stereocenters. The molecule has 2 saturated heterocycles. The molecule has 2 heterocycles. The van der Waals surface area contributed by atoms with Gasteiger partial charge in [-0.05, 0) is 44.0 Å². The number of nitrogens with zero attached hydrogens (tertiary/aromatic N) is 1. The Kier molecular flexibility index (Phi) is 6.24. The Morgan fingerprint density at radius 1 is 1.21 bits per heavy atom. The third kappa shape index (κ3) is 4.79. The van der Waals surface area contributed by atoms with Crippen LogP contribution in [0.3, 0.4) is 0 Å². The summed E-state index contributed by atoms with van der Waals surface area (Å²) in [7, 11) is 0. The van der Waals surface area contributed by atoms with Crippen molar-refractivity contribution < 1.29 is 9.53 Å². The van der Waals surface area contributed by atoms with Crippen LogP contribution >= 0.6 is 0 Å². The van der Waals surface area contributed by atoms with Gasteiger partial charge in [-0.25, -0.2) is 0 Å². The van der Waals surface area contributed by atoms with Crippen LogP contribution in [0.25, 0.3) is 0 Å². The van der Waals surface area contributed by atoms with Gasteiger partial charge in [0.2, 0.25) is 5.91 Å². The normalized spacial score (nSPS) is 25.4. The number of likely N-dealkylation sites (tertiary alicyclic amines) is 1. The van der Waals surface area contributed by atoms with Crippen LogP contribution in [-0.2, 0) is 22.6 Å². The summed E-state index contributed by atoms with van der Waals surface area (Å²) in [5, 5.41) is 6.23. The van der Waals surface area contributed by atoms with Crippen molar-refractivity contribution in [2.24, 2.45) is 0 Å². The van der Waals surface area contributed by atoms with E-state index in [2.05, 4.69) is 39.8 Å². The molecule has 0 saturated carbocycles. The molecule has 2 aliphatic rings. The number of rotatable bonds is 5. The topological polar surface area (TPSA) is 53.6 Å². The Bertz CT molecular complexity index is 526. The number of carbonyl (C=O) groups excluding carboxylic acids is 1. The van der Waals surface area contributed by atoms with E-state index in [4.69, 9.17) is 4.74 Å². The Hall–Kier alpha value is -1.43. The standard InChI is InChI=1S/C19H29N3O2/c1-15-18(20-9-12-24-15)19(23)21-13-16-5-7-17(8-6-16)14-22-10-3-2-4-11-22/h5-8,15,18,20H,2-4,9-14H2,1H3,(H,21,23)/t15-,18+/m1/s1. The highest BCUT2D eigenvalue weighted by Gasteiger charge is 2.27. The molecule has 2 atom stereocenters. The van der Waals surface area contributed by atoms with E-state index in [9.17, 15) is 4.79 Å². The molecule has 1 amide bonds. The molecule has 1 aromatic rings. The minimum atomic E-state index is -0.253. The first kappa shape index (κ1) is 17.4. The van der Waals surface area contributed by atoms with E-state index in [1.54, 1.807) is 0 Å². The molecule has 1 aromatic carbocycles. The quantitative estimate of drug-likeness (QED) is 0.862. The third-order valence-electron chi connectivity index (χ3n) is 4.94. The fourth-order valence-corrected chi connectivity index (χ4v) is 3.46. The van der Waals surface area contributed by atoms with Gasteiger partial charge in [-0.2, -0.15) is 0 Å². The van der Waals surface area contributed by atoms with Gasteiger partial charge in [-0.15, -0.1) is 0 Å². The zero-order valence-electron chi connectivity index (χ0n) is 14.6. The van der Waals surface area contributed by atoms with E-state index >= 15 is 0 Å². The summed E-state index contributed by atoms with van der Waals surface area (Å²) in [6.07, 6.45) is 3.93. The van der Waals surface area contributed by atoms with Gasteiger partial charge in [-0.3, -0.25) is 9.69 Å². The predicted molar refractivity (Wildman–Crippen MR) is 94.6 cm³/mol. The molecule has 2 N–H and O–H groups in total. The zero-order chi connectivity index (χ0) is 16.8. The van der Waals surface area contributed by atoms with E-state index in [1.165, 1.54) is 37.9 Å². The number of hydrogen-bond acceptors (Lipinski definition) is 4. The van der Waals surface area contributed by atoms with Crippen LogP contribution in [0.1, 0.15) is 37.3 Å². The van der Waals surface area contributed by atoms with Crippen LogP contribution < -0.4 is 10.6 Å². The van der Waals surface area contributed by atoms with Crippen molar-refractivity contribution in [3.63, 3.8) is 0 Å². The molecular formula is C19H29N3O2. The molecule has 24 heavy (non-hydrogen) atoms. The van der Waals surface area contributed by atoms with Gasteiger partial charge in [0.25, 0.3) is 0 Å². The van der Waals surface area contributed by atoms with Gasteiger partial charge < -0.3 is 15.4 Å². The Balaban J connectivity index is 1.46. The summed E-state index contributed by atoms with van der Waals surface area (Å²) in [4.78, 5) is 14.8. The molecule has 2 fully saturated rings. The number of ether oxygens (including phenoxy) is 1. The molecule has 5 nitrogen and oxygen atoms in total. The summed E-state index contributed by atoms with van der Waals surface area (Å²) in [6, 6.07) is 8.35. The lowest BCUT2D eigenvalue weighted by Gasteiger charge is -2.29. The van der Waals surface area contributed by atoms with E-state index in [1.807, 2.05) is 6.92 Å². The highest BCUT2D eigenvalue weighted by Crippen LogP contribution is 2.13. The van der Waals surface area contributed by atoms with E-state index in [0.29, 0.717) is 13.2 Å². The fourth-order valence-electron chi connectivity index (χ4n) is 3.46. The Labute approximate surface area is 144 Å². The van der Waals surface area contributed by atoms with Crippen LogP contribution in [0.4, 0.5) is 0 Å². The van der Waals surface area contributed by atoms with Gasteiger partial charge >= 0.3 is 0 Å². The number of carbonyl (C=O) groups is 1. The number of piperidine rings is 1. The van der Waals surface area contributed by atoms with Crippen molar-refractivity contribution in [2.75, 3.05) is 26.2 Å². The van der Waals surface area contributed by atoms with Gasteiger partial charge in [0.05, 0.1) is 12.7 Å². The monoisotopic (exact) mass is 331 g/mol. The number of amides is 1. The van der Waals surface area contributed by atoms with Gasteiger partial charge in [0, 0.05) is 19.6 Å². The number of hydrogen-bond donors (Lipinski definition) is 2. The summed E-state index contributed by atoms with van der Waals surface area (Å²) in [6.45, 7) is 7.36. The second-order valence-electron chi connectivity index (χ2n) is 6.88. The highest BCUT2D eigenvalue weighted by molar-refractivity contribution is 5.82. The van der Waals surface area contributed by atoms with Crippen molar-refractivity contribution in [3.05, 3.63) is 35.4 Å². The van der Waals surface area contributed by atoms with Crippen molar-refractivity contribution in [2.45, 2.75) is 51.4 Å². The second-order valence-corrected chi connectivity index (χ2v) is 6.88. The van der Waals surface area contributed by atoms with Crippen molar-refractivity contribution in [1.82, 2.24) is 15.5 Å². The summed E-state index contributed by atoms with van der Waals surface area (Å²) in [5.74, 6) is 0.0135. The SMILES string of the molecule is C[C@H]1OCCN[C@@H]1C(=O)NCc1ccc(CN2CCCCC2)cc1. The lowest BCUT2D eigenvalue weighted by atomic mass is 10.1. The molecular weight excluding hydrogens is 302 g/mol. The first-order chi connectivity index (χ1) is 11.7. The maximum atomic E-state index is 12.3. The zero-order valence-corrected chi connectivity index (χ0v) is 14.6. The maximum Gasteiger partial charge on any atom is 0.240 e. The first-order valence-electron chi connectivity index (χ1n) is 9.15. The lowest BCUT2D eigenvalue weighted by Crippen LogP contribution is -2.55. The fraction of sp³-hybridized carbons (Fsp3) is 0.632. The van der Waals surface area contributed by atoms with E-state index < -0.39 is 0 Å². The maximum absolute atomic E-state index is 12.3. The smallest absolute Gasteiger partial charge is 0.240 e. The minimum absolute atomic E-state index is 0.0135. The van der Waals surface area contributed by atoms with Gasteiger partial charge in [-0.1, -0.05) is 30.7 Å². The van der Waals surface area contributed by atoms with Gasteiger partial charge in [0.15, 0.2) is 0 Å². The summed E-state index contributed by atoms with van der Waals surface area (Å²) < 4.78 is 5.52. The molecule has 0 aliphatic carbocycles. The predicted octanol–water partition coefficient (Wildman–Crippen LogP) is 1.67. The van der Waals surface area contributed by atoms with Crippen LogP contribution in [0, 0.1) is 0 Å². The lowest BCUT2D eigenvalue weighted by molar-refractivity contribution is -0.129. The minimum Gasteiger partial charge on any atom is -0.375 e. The number of morpholine rings is 1. The Morgan fingerprint density at radius 3 is 2.62 bits per heavy atom. The molecule has 132 valence electrons. The van der Waals surface area contributed by atoms with Crippen molar-refractivity contribution >= 4 is 5.91 Å². The third-order valence-corrected chi connectivity index (χ3v) is 4.94. The molecule has 2 aliphatic heterocycles. The van der Waals surface area contributed by atoms with Gasteiger partial charge in [0.1, 0.15) is 6.04 Å². The second kappa shape index (κ2) is 8.60. The van der Waals surface area contributed by atoms with Crippen LogP contribution in [0.5, 0.6) is 0 Å². The molecule has 0 spiro atoms. The first-order valence-corrected chi connectivity index (χ1v) is 9.15. The average molecular weight is 331 g/mol. The number of benzene rings is 1. The molecule has 0 aromatic heterocycles. The molecule has 0 radical (unpaired) electrons. The van der Waals surface area contributed by atoms with Crippen molar-refractivity contribution in [3.8, 4) is 0 Å². The molecule has 5 heteroatoms.